The number of carbonyl (C=O) groups excluding carboxylic acids is 1. The Labute approximate surface area is 168 Å². The molecule has 1 fully saturated rings. The van der Waals surface area contributed by atoms with E-state index in [2.05, 4.69) is 20.2 Å². The number of halogens is 2. The maximum absolute atomic E-state index is 13.6. The zero-order valence-electron chi connectivity index (χ0n) is 16.2. The zero-order chi connectivity index (χ0) is 20.2. The summed E-state index contributed by atoms with van der Waals surface area (Å²) in [4.78, 5) is 23.6. The van der Waals surface area contributed by atoms with Crippen molar-refractivity contribution in [2.45, 2.75) is 25.2 Å². The maximum atomic E-state index is 13.6. The number of aromatic nitrogens is 2. The van der Waals surface area contributed by atoms with Gasteiger partial charge in [-0.1, -0.05) is 0 Å². The average Bonchev–Trinajstić information content (AvgIpc) is 2.71. The molecule has 8 heteroatoms. The van der Waals surface area contributed by atoms with Crippen LogP contribution in [0.15, 0.2) is 24.4 Å². The number of ether oxygens (including phenoxy) is 1. The molecular formula is C21H24F2N4O2. The van der Waals surface area contributed by atoms with E-state index in [1.807, 2.05) is 0 Å². The second-order valence-corrected chi connectivity index (χ2v) is 7.52. The first kappa shape index (κ1) is 19.8. The molecule has 2 heterocycles. The number of benzene rings is 1. The van der Waals surface area contributed by atoms with Gasteiger partial charge >= 0.3 is 0 Å². The van der Waals surface area contributed by atoms with Crippen molar-refractivity contribution in [3.8, 4) is 0 Å². The molecule has 1 aliphatic carbocycles. The van der Waals surface area contributed by atoms with E-state index in [0.717, 1.165) is 51.9 Å². The van der Waals surface area contributed by atoms with E-state index in [4.69, 9.17) is 4.74 Å². The van der Waals surface area contributed by atoms with Gasteiger partial charge in [0.2, 0.25) is 5.95 Å². The summed E-state index contributed by atoms with van der Waals surface area (Å²) in [6.07, 6.45) is 3.16. The SMILES string of the molecule is O=C1C[C@@H](c2cc(F)cc(F)c2)Cc2nc(NCCCN3CCOCC3)ncc21. The van der Waals surface area contributed by atoms with Crippen LogP contribution in [-0.4, -0.2) is 60.0 Å². The topological polar surface area (TPSA) is 67.4 Å². The van der Waals surface area contributed by atoms with Gasteiger partial charge in [-0.15, -0.1) is 0 Å². The van der Waals surface area contributed by atoms with E-state index < -0.39 is 11.6 Å². The lowest BCUT2D eigenvalue weighted by Crippen LogP contribution is -2.37. The summed E-state index contributed by atoms with van der Waals surface area (Å²) >= 11 is 0. The molecule has 1 aromatic heterocycles. The molecule has 6 nitrogen and oxygen atoms in total. The normalized spacial score (nSPS) is 19.8. The summed E-state index contributed by atoms with van der Waals surface area (Å²) in [6.45, 7) is 5.19. The Morgan fingerprint density at radius 1 is 1.14 bits per heavy atom. The van der Waals surface area contributed by atoms with Crippen molar-refractivity contribution in [1.82, 2.24) is 14.9 Å². The third-order valence-corrected chi connectivity index (χ3v) is 5.43. The Balaban J connectivity index is 1.39. The van der Waals surface area contributed by atoms with Gasteiger partial charge in [-0.3, -0.25) is 9.69 Å². The quantitative estimate of drug-likeness (QED) is 0.750. The van der Waals surface area contributed by atoms with E-state index in [1.165, 1.54) is 12.1 Å². The van der Waals surface area contributed by atoms with Crippen LogP contribution in [0.3, 0.4) is 0 Å². The molecule has 1 atom stereocenters. The van der Waals surface area contributed by atoms with Gasteiger partial charge in [0.05, 0.1) is 24.5 Å². The van der Waals surface area contributed by atoms with Crippen molar-refractivity contribution in [2.24, 2.45) is 0 Å². The Kier molecular flexibility index (Phi) is 6.10. The Morgan fingerprint density at radius 3 is 2.66 bits per heavy atom. The number of anilines is 1. The number of ketones is 1. The summed E-state index contributed by atoms with van der Waals surface area (Å²) in [6, 6.07) is 3.42. The average molecular weight is 402 g/mol. The van der Waals surface area contributed by atoms with Crippen molar-refractivity contribution in [3.05, 3.63) is 52.9 Å². The Bertz CT molecular complexity index is 867. The molecule has 1 saturated heterocycles. The molecule has 0 amide bonds. The number of Topliss-reactive ketones (excluding diaryl/α,β-unsaturated/α-hetero) is 1. The van der Waals surface area contributed by atoms with E-state index >= 15 is 0 Å². The molecule has 1 aliphatic heterocycles. The minimum absolute atomic E-state index is 0.0974. The number of hydrogen-bond donors (Lipinski definition) is 1. The van der Waals surface area contributed by atoms with Gasteiger partial charge in [0.25, 0.3) is 0 Å². The minimum atomic E-state index is -0.636. The lowest BCUT2D eigenvalue weighted by atomic mass is 9.82. The van der Waals surface area contributed by atoms with E-state index in [9.17, 15) is 13.6 Å². The van der Waals surface area contributed by atoms with Crippen LogP contribution in [0.25, 0.3) is 0 Å². The van der Waals surface area contributed by atoms with Gasteiger partial charge in [0.15, 0.2) is 5.78 Å². The maximum Gasteiger partial charge on any atom is 0.222 e. The predicted molar refractivity (Wildman–Crippen MR) is 104 cm³/mol. The van der Waals surface area contributed by atoms with Gasteiger partial charge in [-0.25, -0.2) is 18.7 Å². The summed E-state index contributed by atoms with van der Waals surface area (Å²) in [5.41, 5.74) is 1.61. The molecular weight excluding hydrogens is 378 g/mol. The summed E-state index contributed by atoms with van der Waals surface area (Å²) < 4.78 is 32.5. The molecule has 29 heavy (non-hydrogen) atoms. The number of fused-ring (bicyclic) bond motifs is 1. The standard InChI is InChI=1S/C21H24F2N4O2/c22-16-8-14(9-17(23)12-16)15-10-19-18(20(28)11-15)13-25-21(26-19)24-2-1-3-27-4-6-29-7-5-27/h8-9,12-13,15H,1-7,10-11H2,(H,24,25,26)/t15-/m0/s1. The highest BCUT2D eigenvalue weighted by Crippen LogP contribution is 2.32. The van der Waals surface area contributed by atoms with Crippen molar-refractivity contribution in [1.29, 1.82) is 0 Å². The lowest BCUT2D eigenvalue weighted by Gasteiger charge is -2.26. The third-order valence-electron chi connectivity index (χ3n) is 5.43. The number of morpholine rings is 1. The number of rotatable bonds is 6. The van der Waals surface area contributed by atoms with Gasteiger partial charge < -0.3 is 10.1 Å². The van der Waals surface area contributed by atoms with Crippen molar-refractivity contribution in [3.63, 3.8) is 0 Å². The van der Waals surface area contributed by atoms with Crippen LogP contribution in [0.1, 0.15) is 40.4 Å². The summed E-state index contributed by atoms with van der Waals surface area (Å²) in [5, 5.41) is 3.21. The largest absolute Gasteiger partial charge is 0.379 e. The Hall–Kier alpha value is -2.45. The molecule has 0 saturated carbocycles. The second kappa shape index (κ2) is 8.92. The van der Waals surface area contributed by atoms with Gasteiger partial charge in [-0.05, 0) is 43.0 Å². The monoisotopic (exact) mass is 402 g/mol. The Morgan fingerprint density at radius 2 is 1.90 bits per heavy atom. The van der Waals surface area contributed by atoms with E-state index in [0.29, 0.717) is 29.2 Å². The fourth-order valence-electron chi connectivity index (χ4n) is 3.90. The molecule has 0 bridgehead atoms. The first-order chi connectivity index (χ1) is 14.1. The molecule has 1 aromatic carbocycles. The molecule has 2 aliphatic rings. The van der Waals surface area contributed by atoms with Gasteiger partial charge in [-0.2, -0.15) is 0 Å². The first-order valence-corrected chi connectivity index (χ1v) is 9.97. The van der Waals surface area contributed by atoms with Crippen LogP contribution in [-0.2, 0) is 11.2 Å². The van der Waals surface area contributed by atoms with Crippen LogP contribution in [0, 0.1) is 11.6 Å². The molecule has 1 N–H and O–H groups in total. The molecule has 0 spiro atoms. The van der Waals surface area contributed by atoms with Crippen molar-refractivity contribution >= 4 is 11.7 Å². The summed E-state index contributed by atoms with van der Waals surface area (Å²) in [5.74, 6) is -1.18. The molecule has 4 rings (SSSR count). The minimum Gasteiger partial charge on any atom is -0.379 e. The van der Waals surface area contributed by atoms with E-state index in [-0.39, 0.29) is 18.1 Å². The first-order valence-electron chi connectivity index (χ1n) is 9.97. The molecule has 0 unspecified atom stereocenters. The highest BCUT2D eigenvalue weighted by molar-refractivity contribution is 5.98. The highest BCUT2D eigenvalue weighted by atomic mass is 19.1. The third kappa shape index (κ3) is 4.94. The second-order valence-electron chi connectivity index (χ2n) is 7.52. The van der Waals surface area contributed by atoms with Crippen LogP contribution >= 0.6 is 0 Å². The number of hydrogen-bond acceptors (Lipinski definition) is 6. The van der Waals surface area contributed by atoms with E-state index in [1.54, 1.807) is 6.20 Å². The fourth-order valence-corrected chi connectivity index (χ4v) is 3.90. The predicted octanol–water partition coefficient (Wildman–Crippen LogP) is 2.80. The van der Waals surface area contributed by atoms with Gasteiger partial charge in [0.1, 0.15) is 11.6 Å². The molecule has 0 radical (unpaired) electrons. The lowest BCUT2D eigenvalue weighted by molar-refractivity contribution is 0.0378. The number of nitrogens with one attached hydrogen (secondary N) is 1. The molecule has 2 aromatic rings. The zero-order valence-corrected chi connectivity index (χ0v) is 16.2. The number of carbonyl (C=O) groups is 1. The number of nitrogens with zero attached hydrogens (tertiary/aromatic N) is 3. The van der Waals surface area contributed by atoms with Crippen molar-refractivity contribution in [2.75, 3.05) is 44.7 Å². The van der Waals surface area contributed by atoms with Crippen molar-refractivity contribution < 1.29 is 18.3 Å². The fraction of sp³-hybridized carbons (Fsp3) is 0.476. The van der Waals surface area contributed by atoms with Crippen LogP contribution in [0.4, 0.5) is 14.7 Å². The summed E-state index contributed by atoms with van der Waals surface area (Å²) in [7, 11) is 0. The van der Waals surface area contributed by atoms with Gasteiger partial charge in [0, 0.05) is 38.3 Å². The smallest absolute Gasteiger partial charge is 0.222 e. The van der Waals surface area contributed by atoms with Crippen LogP contribution < -0.4 is 5.32 Å². The molecule has 154 valence electrons. The highest BCUT2D eigenvalue weighted by Gasteiger charge is 2.28. The van der Waals surface area contributed by atoms with Crippen LogP contribution in [0.5, 0.6) is 0 Å². The van der Waals surface area contributed by atoms with Crippen LogP contribution in [0.2, 0.25) is 0 Å².